The lowest BCUT2D eigenvalue weighted by atomic mass is 10.1. The summed E-state index contributed by atoms with van der Waals surface area (Å²) in [6.45, 7) is 7.93. The molecule has 2 aromatic carbocycles. The van der Waals surface area contributed by atoms with Gasteiger partial charge >= 0.3 is 0 Å². The lowest BCUT2D eigenvalue weighted by molar-refractivity contribution is 0.212. The van der Waals surface area contributed by atoms with Gasteiger partial charge in [0.15, 0.2) is 0 Å². The summed E-state index contributed by atoms with van der Waals surface area (Å²) in [5.41, 5.74) is 3.61. The molecule has 0 N–H and O–H groups in total. The second-order valence-corrected chi connectivity index (χ2v) is 8.06. The molecule has 0 radical (unpaired) electrons. The van der Waals surface area contributed by atoms with E-state index in [1.807, 2.05) is 31.2 Å². The Morgan fingerprint density at radius 2 is 1.45 bits per heavy atom. The van der Waals surface area contributed by atoms with E-state index < -0.39 is 0 Å². The van der Waals surface area contributed by atoms with E-state index in [0.717, 1.165) is 47.8 Å². The van der Waals surface area contributed by atoms with Crippen LogP contribution in [0.2, 0.25) is 0 Å². The Bertz CT molecular complexity index is 836. The molecule has 0 saturated heterocycles. The van der Waals surface area contributed by atoms with Gasteiger partial charge in [0, 0.05) is 0 Å². The highest BCUT2D eigenvalue weighted by atomic mass is 16.6. The first-order valence-electron chi connectivity index (χ1n) is 11.9. The summed E-state index contributed by atoms with van der Waals surface area (Å²) in [5.74, 6) is 2.74. The fourth-order valence-electron chi connectivity index (χ4n) is 3.59. The van der Waals surface area contributed by atoms with Crippen LogP contribution in [-0.2, 0) is 11.3 Å². The van der Waals surface area contributed by atoms with Crippen molar-refractivity contribution >= 4 is 6.21 Å². The average Bonchev–Trinajstić information content (AvgIpc) is 2.81. The van der Waals surface area contributed by atoms with E-state index >= 15 is 0 Å². The van der Waals surface area contributed by atoms with Crippen molar-refractivity contribution in [2.45, 2.75) is 59.3 Å². The van der Waals surface area contributed by atoms with E-state index in [9.17, 15) is 0 Å². The van der Waals surface area contributed by atoms with Crippen molar-refractivity contribution in [3.8, 4) is 17.2 Å². The van der Waals surface area contributed by atoms with Crippen molar-refractivity contribution in [2.75, 3.05) is 26.9 Å². The molecule has 2 aromatic rings. The topological polar surface area (TPSA) is 49.3 Å². The molecule has 33 heavy (non-hydrogen) atoms. The summed E-state index contributed by atoms with van der Waals surface area (Å²) >= 11 is 0. The van der Waals surface area contributed by atoms with Gasteiger partial charge in [-0.05, 0) is 81.0 Å². The zero-order valence-corrected chi connectivity index (χ0v) is 20.6. The summed E-state index contributed by atoms with van der Waals surface area (Å²) in [5, 5.41) is 3.65. The molecule has 0 amide bonds. The van der Waals surface area contributed by atoms with Gasteiger partial charge in [0.2, 0.25) is 0 Å². The maximum atomic E-state index is 6.08. The van der Waals surface area contributed by atoms with E-state index in [4.69, 9.17) is 14.2 Å². The van der Waals surface area contributed by atoms with Crippen molar-refractivity contribution in [3.63, 3.8) is 0 Å². The van der Waals surface area contributed by atoms with Gasteiger partial charge in [-0.15, -0.1) is 0 Å². The molecule has 180 valence electrons. The van der Waals surface area contributed by atoms with E-state index in [1.54, 1.807) is 6.21 Å². The van der Waals surface area contributed by atoms with Crippen LogP contribution in [0.3, 0.4) is 0 Å². The maximum absolute atomic E-state index is 6.08. The molecule has 0 fully saturated rings. The van der Waals surface area contributed by atoms with E-state index in [-0.39, 0.29) is 0 Å². The largest absolute Gasteiger partial charge is 0.493 e. The minimum absolute atomic E-state index is 0.409. The number of unbranched alkanes of at least 4 members (excludes halogenated alkanes) is 4. The minimum Gasteiger partial charge on any atom is -0.493 e. The van der Waals surface area contributed by atoms with E-state index in [0.29, 0.717) is 13.2 Å². The SMILES string of the molecule is C/C=C/COc1cc(C)c(OCCCCCCCc2ccc(OC/C=N/OC)cc2)c(C)c1. The summed E-state index contributed by atoms with van der Waals surface area (Å²) in [7, 11) is 1.52. The van der Waals surface area contributed by atoms with Crippen molar-refractivity contribution < 1.29 is 19.0 Å². The van der Waals surface area contributed by atoms with Crippen molar-refractivity contribution in [1.82, 2.24) is 0 Å². The highest BCUT2D eigenvalue weighted by molar-refractivity contribution is 5.58. The number of benzene rings is 2. The van der Waals surface area contributed by atoms with Crippen LogP contribution in [0.25, 0.3) is 0 Å². The number of allylic oxidation sites excluding steroid dienone is 1. The van der Waals surface area contributed by atoms with Crippen molar-refractivity contribution in [3.05, 3.63) is 65.2 Å². The van der Waals surface area contributed by atoms with Gasteiger partial charge in [-0.1, -0.05) is 48.7 Å². The molecule has 0 atom stereocenters. The highest BCUT2D eigenvalue weighted by Crippen LogP contribution is 2.28. The molecule has 0 aliphatic heterocycles. The molecule has 0 aliphatic carbocycles. The number of aryl methyl sites for hydroxylation is 3. The molecular formula is C28H39NO4. The lowest BCUT2D eigenvalue weighted by Crippen LogP contribution is -2.02. The molecule has 5 heteroatoms. The fraction of sp³-hybridized carbons (Fsp3) is 0.464. The Kier molecular flexibility index (Phi) is 12.6. The van der Waals surface area contributed by atoms with Gasteiger partial charge in [-0.3, -0.25) is 0 Å². The Labute approximate surface area is 199 Å². The highest BCUT2D eigenvalue weighted by Gasteiger charge is 2.07. The van der Waals surface area contributed by atoms with Crippen LogP contribution in [0.4, 0.5) is 0 Å². The third-order valence-corrected chi connectivity index (χ3v) is 5.30. The summed E-state index contributed by atoms with van der Waals surface area (Å²) < 4.78 is 17.4. The summed E-state index contributed by atoms with van der Waals surface area (Å²) in [4.78, 5) is 4.61. The predicted octanol–water partition coefficient (Wildman–Crippen LogP) is 6.84. The molecule has 5 nitrogen and oxygen atoms in total. The van der Waals surface area contributed by atoms with Crippen LogP contribution in [0.5, 0.6) is 17.2 Å². The van der Waals surface area contributed by atoms with Crippen molar-refractivity contribution in [1.29, 1.82) is 0 Å². The maximum Gasteiger partial charge on any atom is 0.127 e. The van der Waals surface area contributed by atoms with Crippen LogP contribution < -0.4 is 14.2 Å². The monoisotopic (exact) mass is 453 g/mol. The van der Waals surface area contributed by atoms with Gasteiger partial charge in [0.05, 0.1) is 12.8 Å². The number of hydrogen-bond donors (Lipinski definition) is 0. The third kappa shape index (κ3) is 10.5. The molecule has 0 aliphatic rings. The van der Waals surface area contributed by atoms with Crippen LogP contribution in [0.15, 0.2) is 53.7 Å². The predicted molar refractivity (Wildman–Crippen MR) is 136 cm³/mol. The first-order valence-corrected chi connectivity index (χ1v) is 11.9. The Hall–Kier alpha value is -2.95. The summed E-state index contributed by atoms with van der Waals surface area (Å²) in [6.07, 6.45) is 12.6. The smallest absolute Gasteiger partial charge is 0.127 e. The van der Waals surface area contributed by atoms with E-state index in [2.05, 4.69) is 48.1 Å². The zero-order valence-electron chi connectivity index (χ0n) is 20.6. The lowest BCUT2D eigenvalue weighted by Gasteiger charge is -2.14. The van der Waals surface area contributed by atoms with Crippen LogP contribution in [-0.4, -0.2) is 33.1 Å². The Morgan fingerprint density at radius 1 is 0.788 bits per heavy atom. The molecule has 0 spiro atoms. The van der Waals surface area contributed by atoms with Gasteiger partial charge in [0.1, 0.15) is 37.6 Å². The third-order valence-electron chi connectivity index (χ3n) is 5.30. The zero-order chi connectivity index (χ0) is 23.7. The number of hydrogen-bond acceptors (Lipinski definition) is 5. The van der Waals surface area contributed by atoms with Crippen LogP contribution in [0, 0.1) is 13.8 Å². The van der Waals surface area contributed by atoms with E-state index in [1.165, 1.54) is 38.4 Å². The molecule has 0 unspecified atom stereocenters. The molecule has 0 saturated carbocycles. The second kappa shape index (κ2) is 15.8. The quantitative estimate of drug-likeness (QED) is 0.121. The van der Waals surface area contributed by atoms with Gasteiger partial charge < -0.3 is 19.0 Å². The second-order valence-electron chi connectivity index (χ2n) is 8.06. The van der Waals surface area contributed by atoms with Gasteiger partial charge in [-0.2, -0.15) is 0 Å². The number of oxime groups is 1. The number of nitrogens with zero attached hydrogens (tertiary/aromatic N) is 1. The van der Waals surface area contributed by atoms with Gasteiger partial charge in [0.25, 0.3) is 0 Å². The van der Waals surface area contributed by atoms with Crippen LogP contribution in [0.1, 0.15) is 55.7 Å². The molecule has 0 aromatic heterocycles. The number of rotatable bonds is 16. The Morgan fingerprint density at radius 3 is 2.15 bits per heavy atom. The average molecular weight is 454 g/mol. The minimum atomic E-state index is 0.409. The fourth-order valence-corrected chi connectivity index (χ4v) is 3.59. The standard InChI is InChI=1S/C28H39NO4/c1-5-6-18-31-27-21-23(2)28(24(3)22-27)33-19-11-9-7-8-10-12-25-13-15-26(16-14-25)32-20-17-29-30-4/h5-6,13-17,21-22H,7-12,18-20H2,1-4H3/b6-5+,29-17+. The first kappa shape index (κ1) is 26.3. The molecular weight excluding hydrogens is 414 g/mol. The molecule has 0 heterocycles. The number of ether oxygens (including phenoxy) is 3. The summed E-state index contributed by atoms with van der Waals surface area (Å²) in [6, 6.07) is 12.4. The van der Waals surface area contributed by atoms with Crippen molar-refractivity contribution in [2.24, 2.45) is 5.16 Å². The van der Waals surface area contributed by atoms with Crippen LogP contribution >= 0.6 is 0 Å². The first-order chi connectivity index (χ1) is 16.1. The normalized spacial score (nSPS) is 11.3. The van der Waals surface area contributed by atoms with Gasteiger partial charge in [-0.25, -0.2) is 0 Å². The molecule has 2 rings (SSSR count). The molecule has 0 bridgehead atoms. The Balaban J connectivity index is 1.57.